The molecule has 2 N–H and O–H groups in total. The van der Waals surface area contributed by atoms with E-state index in [1.165, 1.54) is 12.8 Å². The van der Waals surface area contributed by atoms with Gasteiger partial charge in [0, 0.05) is 24.3 Å². The molecule has 1 aliphatic carbocycles. The van der Waals surface area contributed by atoms with Crippen LogP contribution >= 0.6 is 11.8 Å². The molecule has 0 aromatic carbocycles. The van der Waals surface area contributed by atoms with E-state index in [2.05, 4.69) is 23.8 Å². The van der Waals surface area contributed by atoms with E-state index in [0.717, 1.165) is 31.2 Å². The van der Waals surface area contributed by atoms with Crippen molar-refractivity contribution in [2.75, 3.05) is 19.3 Å². The number of rotatable bonds is 6. The molecule has 0 aliphatic heterocycles. The number of carbonyl (C=O) groups is 1. The molecular formula is C12H24N2OS. The van der Waals surface area contributed by atoms with Crippen LogP contribution in [0.15, 0.2) is 0 Å². The molecule has 0 saturated heterocycles. The summed E-state index contributed by atoms with van der Waals surface area (Å²) in [6.45, 7) is 3.79. The summed E-state index contributed by atoms with van der Waals surface area (Å²) in [6, 6.07) is 0.428. The fraction of sp³-hybridized carbons (Fsp3) is 0.917. The fourth-order valence-corrected chi connectivity index (χ4v) is 2.86. The van der Waals surface area contributed by atoms with Crippen LogP contribution in [-0.2, 0) is 4.79 Å². The summed E-state index contributed by atoms with van der Waals surface area (Å²) in [4.78, 5) is 11.6. The highest BCUT2D eigenvalue weighted by atomic mass is 32.2. The SMILES string of the molecule is CCNCCC(=O)NC1CCC(SC)CC1. The lowest BCUT2D eigenvalue weighted by Crippen LogP contribution is -2.39. The van der Waals surface area contributed by atoms with E-state index in [1.807, 2.05) is 11.8 Å². The zero-order chi connectivity index (χ0) is 11.8. The molecule has 1 rings (SSSR count). The Kier molecular flexibility index (Phi) is 6.88. The van der Waals surface area contributed by atoms with Crippen molar-refractivity contribution in [3.8, 4) is 0 Å². The Labute approximate surface area is 103 Å². The van der Waals surface area contributed by atoms with Crippen LogP contribution in [-0.4, -0.2) is 36.5 Å². The topological polar surface area (TPSA) is 41.1 Å². The first-order valence-electron chi connectivity index (χ1n) is 6.29. The maximum atomic E-state index is 11.6. The summed E-state index contributed by atoms with van der Waals surface area (Å²) in [6.07, 6.45) is 7.59. The number of hydrogen-bond acceptors (Lipinski definition) is 3. The molecule has 0 unspecified atom stereocenters. The van der Waals surface area contributed by atoms with Gasteiger partial charge in [0.15, 0.2) is 0 Å². The molecule has 1 amide bonds. The third-order valence-corrected chi connectivity index (χ3v) is 4.29. The molecule has 1 saturated carbocycles. The van der Waals surface area contributed by atoms with Crippen molar-refractivity contribution in [2.24, 2.45) is 0 Å². The summed E-state index contributed by atoms with van der Waals surface area (Å²) >= 11 is 1.96. The van der Waals surface area contributed by atoms with Crippen molar-refractivity contribution >= 4 is 17.7 Å². The van der Waals surface area contributed by atoms with E-state index in [-0.39, 0.29) is 5.91 Å². The Morgan fingerprint density at radius 2 is 2.00 bits per heavy atom. The van der Waals surface area contributed by atoms with Gasteiger partial charge < -0.3 is 10.6 Å². The van der Waals surface area contributed by atoms with Gasteiger partial charge in [-0.15, -0.1) is 0 Å². The second-order valence-corrected chi connectivity index (χ2v) is 5.52. The van der Waals surface area contributed by atoms with Crippen LogP contribution in [0, 0.1) is 0 Å². The third kappa shape index (κ3) is 5.21. The molecule has 94 valence electrons. The molecule has 3 nitrogen and oxygen atoms in total. The molecule has 0 aromatic rings. The van der Waals surface area contributed by atoms with Gasteiger partial charge in [0.2, 0.25) is 5.91 Å². The Morgan fingerprint density at radius 3 is 2.56 bits per heavy atom. The van der Waals surface area contributed by atoms with Gasteiger partial charge in [0.05, 0.1) is 0 Å². The van der Waals surface area contributed by atoms with Gasteiger partial charge in [-0.05, 0) is 38.5 Å². The molecule has 16 heavy (non-hydrogen) atoms. The highest BCUT2D eigenvalue weighted by Crippen LogP contribution is 2.26. The summed E-state index contributed by atoms with van der Waals surface area (Å²) in [5, 5.41) is 7.12. The van der Waals surface area contributed by atoms with E-state index in [0.29, 0.717) is 12.5 Å². The number of thioether (sulfide) groups is 1. The number of amides is 1. The minimum atomic E-state index is 0.202. The van der Waals surface area contributed by atoms with Crippen molar-refractivity contribution in [3.63, 3.8) is 0 Å². The molecule has 0 spiro atoms. The molecule has 0 aromatic heterocycles. The first kappa shape index (κ1) is 13.8. The van der Waals surface area contributed by atoms with Crippen LogP contribution in [0.3, 0.4) is 0 Å². The lowest BCUT2D eigenvalue weighted by atomic mass is 9.95. The highest BCUT2D eigenvalue weighted by Gasteiger charge is 2.21. The van der Waals surface area contributed by atoms with Crippen molar-refractivity contribution in [2.45, 2.75) is 50.3 Å². The fourth-order valence-electron chi connectivity index (χ4n) is 2.12. The lowest BCUT2D eigenvalue weighted by Gasteiger charge is -2.28. The van der Waals surface area contributed by atoms with Gasteiger partial charge >= 0.3 is 0 Å². The predicted octanol–water partition coefficient (Wildman–Crippen LogP) is 1.78. The number of carbonyl (C=O) groups excluding carboxylic acids is 1. The molecule has 0 bridgehead atoms. The quantitative estimate of drug-likeness (QED) is 0.700. The van der Waals surface area contributed by atoms with Gasteiger partial charge in [0.1, 0.15) is 0 Å². The minimum Gasteiger partial charge on any atom is -0.353 e. The maximum Gasteiger partial charge on any atom is 0.221 e. The van der Waals surface area contributed by atoms with E-state index in [9.17, 15) is 4.79 Å². The van der Waals surface area contributed by atoms with Crippen LogP contribution in [0.25, 0.3) is 0 Å². The summed E-state index contributed by atoms with van der Waals surface area (Å²) < 4.78 is 0. The van der Waals surface area contributed by atoms with E-state index in [1.54, 1.807) is 0 Å². The standard InChI is InChI=1S/C12H24N2OS/c1-3-13-9-8-12(15)14-10-4-6-11(16-2)7-5-10/h10-11,13H,3-9H2,1-2H3,(H,14,15). The smallest absolute Gasteiger partial charge is 0.221 e. The normalized spacial score (nSPS) is 25.4. The van der Waals surface area contributed by atoms with Gasteiger partial charge in [-0.3, -0.25) is 4.79 Å². The monoisotopic (exact) mass is 244 g/mol. The molecule has 4 heteroatoms. The summed E-state index contributed by atoms with van der Waals surface area (Å²) in [7, 11) is 0. The minimum absolute atomic E-state index is 0.202. The molecular weight excluding hydrogens is 220 g/mol. The molecule has 0 radical (unpaired) electrons. The van der Waals surface area contributed by atoms with E-state index >= 15 is 0 Å². The average Bonchev–Trinajstić information content (AvgIpc) is 2.30. The van der Waals surface area contributed by atoms with Gasteiger partial charge in [0.25, 0.3) is 0 Å². The predicted molar refractivity (Wildman–Crippen MR) is 70.9 cm³/mol. The number of nitrogens with one attached hydrogen (secondary N) is 2. The van der Waals surface area contributed by atoms with Crippen LogP contribution in [0.5, 0.6) is 0 Å². The van der Waals surface area contributed by atoms with E-state index < -0.39 is 0 Å². The Hall–Kier alpha value is -0.220. The second-order valence-electron chi connectivity index (χ2n) is 4.38. The maximum absolute atomic E-state index is 11.6. The van der Waals surface area contributed by atoms with Crippen molar-refractivity contribution < 1.29 is 4.79 Å². The zero-order valence-electron chi connectivity index (χ0n) is 10.4. The average molecular weight is 244 g/mol. The van der Waals surface area contributed by atoms with Crippen LogP contribution in [0.1, 0.15) is 39.0 Å². The Balaban J connectivity index is 2.10. The third-order valence-electron chi connectivity index (χ3n) is 3.15. The first-order chi connectivity index (χ1) is 7.76. The van der Waals surface area contributed by atoms with Gasteiger partial charge in [-0.2, -0.15) is 11.8 Å². The molecule has 0 atom stereocenters. The molecule has 0 heterocycles. The second kappa shape index (κ2) is 7.96. The lowest BCUT2D eigenvalue weighted by molar-refractivity contribution is -0.121. The van der Waals surface area contributed by atoms with Crippen LogP contribution in [0.2, 0.25) is 0 Å². The Bertz CT molecular complexity index is 203. The number of hydrogen-bond donors (Lipinski definition) is 2. The van der Waals surface area contributed by atoms with Gasteiger partial charge in [-0.1, -0.05) is 6.92 Å². The summed E-state index contributed by atoms with van der Waals surface area (Å²) in [5.41, 5.74) is 0. The van der Waals surface area contributed by atoms with Crippen molar-refractivity contribution in [1.29, 1.82) is 0 Å². The van der Waals surface area contributed by atoms with Crippen molar-refractivity contribution in [3.05, 3.63) is 0 Å². The summed E-state index contributed by atoms with van der Waals surface area (Å²) in [5.74, 6) is 0.202. The van der Waals surface area contributed by atoms with Gasteiger partial charge in [-0.25, -0.2) is 0 Å². The van der Waals surface area contributed by atoms with Crippen molar-refractivity contribution in [1.82, 2.24) is 10.6 Å². The van der Waals surface area contributed by atoms with E-state index in [4.69, 9.17) is 0 Å². The van der Waals surface area contributed by atoms with Crippen LogP contribution in [0.4, 0.5) is 0 Å². The molecule has 1 fully saturated rings. The molecule has 1 aliphatic rings. The highest BCUT2D eigenvalue weighted by molar-refractivity contribution is 7.99. The largest absolute Gasteiger partial charge is 0.353 e. The van der Waals surface area contributed by atoms with Crippen LogP contribution < -0.4 is 10.6 Å². The first-order valence-corrected chi connectivity index (χ1v) is 7.58. The Morgan fingerprint density at radius 1 is 1.31 bits per heavy atom. The zero-order valence-corrected chi connectivity index (χ0v) is 11.2.